The highest BCUT2D eigenvalue weighted by molar-refractivity contribution is 5.77. The maximum atomic E-state index is 10.9. The van der Waals surface area contributed by atoms with Gasteiger partial charge in [0.15, 0.2) is 0 Å². The Kier molecular flexibility index (Phi) is 6.12. The van der Waals surface area contributed by atoms with E-state index in [1.165, 1.54) is 6.92 Å². The molecule has 0 fully saturated rings. The minimum Gasteiger partial charge on any atom is -0.480 e. The smallest absolute Gasteiger partial charge is 0.320 e. The molecule has 5 nitrogen and oxygen atoms in total. The average Bonchev–Trinajstić information content (AvgIpc) is 2.13. The highest BCUT2D eigenvalue weighted by atomic mass is 16.4. The maximum absolute atomic E-state index is 10.9. The normalized spacial score (nSPS) is 16.8. The molecule has 0 amide bonds. The summed E-state index contributed by atoms with van der Waals surface area (Å²) in [5, 5.41) is 18.0. The van der Waals surface area contributed by atoms with Crippen LogP contribution in [0, 0.1) is 5.92 Å². The van der Waals surface area contributed by atoms with Gasteiger partial charge in [-0.2, -0.15) is 0 Å². The van der Waals surface area contributed by atoms with Crippen LogP contribution in [0.1, 0.15) is 33.1 Å². The molecule has 0 aliphatic carbocycles. The van der Waals surface area contributed by atoms with E-state index in [1.807, 2.05) is 0 Å². The molecule has 0 heterocycles. The van der Waals surface area contributed by atoms with Gasteiger partial charge in [0, 0.05) is 5.92 Å². The SMILES string of the molecule is CC(=O)C(C)CC(O)CCC(N)C(=O)O. The summed E-state index contributed by atoms with van der Waals surface area (Å²) in [6, 6.07) is -0.938. The van der Waals surface area contributed by atoms with Crippen molar-refractivity contribution in [1.82, 2.24) is 0 Å². The number of carbonyl (C=O) groups is 2. The highest BCUT2D eigenvalue weighted by Gasteiger charge is 2.17. The van der Waals surface area contributed by atoms with E-state index in [0.717, 1.165) is 0 Å². The standard InChI is InChI=1S/C10H19NO4/c1-6(7(2)12)5-8(13)3-4-9(11)10(14)15/h6,8-9,13H,3-5,11H2,1-2H3,(H,14,15). The summed E-state index contributed by atoms with van der Waals surface area (Å²) >= 11 is 0. The molecule has 88 valence electrons. The first-order valence-electron chi connectivity index (χ1n) is 5.01. The van der Waals surface area contributed by atoms with E-state index in [1.54, 1.807) is 6.92 Å². The van der Waals surface area contributed by atoms with Crippen molar-refractivity contribution in [3.05, 3.63) is 0 Å². The fourth-order valence-corrected chi connectivity index (χ4v) is 1.19. The number of carboxylic acids is 1. The van der Waals surface area contributed by atoms with E-state index in [9.17, 15) is 14.7 Å². The molecule has 0 saturated carbocycles. The fourth-order valence-electron chi connectivity index (χ4n) is 1.19. The van der Waals surface area contributed by atoms with Gasteiger partial charge < -0.3 is 15.9 Å². The topological polar surface area (TPSA) is 101 Å². The van der Waals surface area contributed by atoms with E-state index in [4.69, 9.17) is 10.8 Å². The van der Waals surface area contributed by atoms with Gasteiger partial charge in [0.25, 0.3) is 0 Å². The van der Waals surface area contributed by atoms with E-state index in [0.29, 0.717) is 12.8 Å². The van der Waals surface area contributed by atoms with Crippen molar-refractivity contribution in [3.8, 4) is 0 Å². The molecule has 4 N–H and O–H groups in total. The van der Waals surface area contributed by atoms with Crippen LogP contribution in [0.2, 0.25) is 0 Å². The molecule has 15 heavy (non-hydrogen) atoms. The average molecular weight is 217 g/mol. The third-order valence-corrected chi connectivity index (χ3v) is 2.45. The third kappa shape index (κ3) is 6.19. The van der Waals surface area contributed by atoms with Gasteiger partial charge >= 0.3 is 5.97 Å². The van der Waals surface area contributed by atoms with E-state index >= 15 is 0 Å². The lowest BCUT2D eigenvalue weighted by Gasteiger charge is -2.15. The largest absolute Gasteiger partial charge is 0.480 e. The van der Waals surface area contributed by atoms with Crippen molar-refractivity contribution in [2.75, 3.05) is 0 Å². The monoisotopic (exact) mass is 217 g/mol. The molecule has 3 atom stereocenters. The van der Waals surface area contributed by atoms with Crippen LogP contribution < -0.4 is 5.73 Å². The van der Waals surface area contributed by atoms with Gasteiger partial charge in [-0.05, 0) is 26.2 Å². The Morgan fingerprint density at radius 3 is 2.27 bits per heavy atom. The second kappa shape index (κ2) is 6.53. The van der Waals surface area contributed by atoms with Crippen LogP contribution >= 0.6 is 0 Å². The third-order valence-electron chi connectivity index (χ3n) is 2.45. The van der Waals surface area contributed by atoms with Crippen molar-refractivity contribution in [3.63, 3.8) is 0 Å². The number of hydrogen-bond acceptors (Lipinski definition) is 4. The summed E-state index contributed by atoms with van der Waals surface area (Å²) in [5.74, 6) is -1.24. The summed E-state index contributed by atoms with van der Waals surface area (Å²) in [6.07, 6.45) is 0.239. The first kappa shape index (κ1) is 14.1. The Labute approximate surface area is 89.3 Å². The van der Waals surface area contributed by atoms with Gasteiger partial charge in [-0.3, -0.25) is 9.59 Å². The fraction of sp³-hybridized carbons (Fsp3) is 0.800. The number of hydrogen-bond donors (Lipinski definition) is 3. The van der Waals surface area contributed by atoms with E-state index in [2.05, 4.69) is 0 Å². The lowest BCUT2D eigenvalue weighted by Crippen LogP contribution is -2.31. The Morgan fingerprint density at radius 2 is 1.87 bits per heavy atom. The van der Waals surface area contributed by atoms with Gasteiger partial charge in [-0.15, -0.1) is 0 Å². The minimum atomic E-state index is -1.07. The zero-order chi connectivity index (χ0) is 12.0. The molecule has 0 bridgehead atoms. The number of carboxylic acid groups (broad SMARTS) is 1. The minimum absolute atomic E-state index is 0.0246. The van der Waals surface area contributed by atoms with Crippen molar-refractivity contribution < 1.29 is 19.8 Å². The van der Waals surface area contributed by atoms with Crippen LogP contribution in [-0.4, -0.2) is 34.1 Å². The first-order chi connectivity index (χ1) is 6.84. The number of aliphatic hydroxyl groups is 1. The summed E-state index contributed by atoms with van der Waals surface area (Å²) in [6.45, 7) is 3.21. The lowest BCUT2D eigenvalue weighted by atomic mass is 9.96. The first-order valence-corrected chi connectivity index (χ1v) is 5.01. The van der Waals surface area contributed by atoms with Gasteiger partial charge in [-0.1, -0.05) is 6.92 Å². The van der Waals surface area contributed by atoms with Crippen LogP contribution in [0.15, 0.2) is 0 Å². The Balaban J connectivity index is 3.79. The molecule has 0 radical (unpaired) electrons. The van der Waals surface area contributed by atoms with Crippen LogP contribution in [0.5, 0.6) is 0 Å². The molecular formula is C10H19NO4. The number of aliphatic carboxylic acids is 1. The number of rotatable bonds is 7. The van der Waals surface area contributed by atoms with Gasteiger partial charge in [0.2, 0.25) is 0 Å². The molecule has 3 unspecified atom stereocenters. The van der Waals surface area contributed by atoms with Crippen molar-refractivity contribution in [2.24, 2.45) is 11.7 Å². The van der Waals surface area contributed by atoms with Gasteiger partial charge in [-0.25, -0.2) is 0 Å². The van der Waals surface area contributed by atoms with Crippen LogP contribution in [0.4, 0.5) is 0 Å². The lowest BCUT2D eigenvalue weighted by molar-refractivity contribution is -0.138. The van der Waals surface area contributed by atoms with Crippen molar-refractivity contribution >= 4 is 11.8 Å². The Hall–Kier alpha value is -0.940. The molecule has 0 spiro atoms. The summed E-state index contributed by atoms with van der Waals surface area (Å²) in [4.78, 5) is 21.3. The number of aliphatic hydroxyl groups excluding tert-OH is 1. The van der Waals surface area contributed by atoms with E-state index in [-0.39, 0.29) is 18.1 Å². The molecular weight excluding hydrogens is 198 g/mol. The highest BCUT2D eigenvalue weighted by Crippen LogP contribution is 2.12. The molecule has 0 rings (SSSR count). The quantitative estimate of drug-likeness (QED) is 0.563. The maximum Gasteiger partial charge on any atom is 0.320 e. The molecule has 0 aliphatic heterocycles. The Bertz CT molecular complexity index is 229. The Morgan fingerprint density at radius 1 is 1.33 bits per heavy atom. The van der Waals surface area contributed by atoms with Crippen LogP contribution in [0.25, 0.3) is 0 Å². The van der Waals surface area contributed by atoms with Crippen molar-refractivity contribution in [2.45, 2.75) is 45.3 Å². The number of nitrogens with two attached hydrogens (primary N) is 1. The molecule has 0 aromatic heterocycles. The van der Waals surface area contributed by atoms with E-state index < -0.39 is 18.1 Å². The van der Waals surface area contributed by atoms with Gasteiger partial charge in [0.1, 0.15) is 11.8 Å². The van der Waals surface area contributed by atoms with Gasteiger partial charge in [0.05, 0.1) is 6.10 Å². The predicted octanol–water partition coefficient (Wildman–Crippen LogP) is 0.155. The number of Topliss-reactive ketones (excluding diaryl/α,β-unsaturated/α-hetero) is 1. The van der Waals surface area contributed by atoms with Crippen molar-refractivity contribution in [1.29, 1.82) is 0 Å². The number of carbonyl (C=O) groups excluding carboxylic acids is 1. The molecule has 0 aromatic carbocycles. The zero-order valence-corrected chi connectivity index (χ0v) is 9.14. The zero-order valence-electron chi connectivity index (χ0n) is 9.14. The summed E-state index contributed by atoms with van der Waals surface area (Å²) in [5.41, 5.74) is 5.28. The molecule has 0 aromatic rings. The number of ketones is 1. The molecule has 0 aliphatic rings. The molecule has 0 saturated heterocycles. The second-order valence-electron chi connectivity index (χ2n) is 3.92. The molecule has 5 heteroatoms. The second-order valence-corrected chi connectivity index (χ2v) is 3.92. The summed E-state index contributed by atoms with van der Waals surface area (Å²) < 4.78 is 0. The van der Waals surface area contributed by atoms with Crippen LogP contribution in [-0.2, 0) is 9.59 Å². The predicted molar refractivity (Wildman–Crippen MR) is 55.3 cm³/mol. The van der Waals surface area contributed by atoms with Crippen LogP contribution in [0.3, 0.4) is 0 Å². The summed E-state index contributed by atoms with van der Waals surface area (Å²) in [7, 11) is 0.